The summed E-state index contributed by atoms with van der Waals surface area (Å²) in [5.41, 5.74) is 0.534. The molecule has 3 aliphatic rings. The number of methoxy groups -OCH3 is 1. The van der Waals surface area contributed by atoms with Crippen molar-refractivity contribution < 1.29 is 4.74 Å². The summed E-state index contributed by atoms with van der Waals surface area (Å²) >= 11 is 7.35. The molecule has 1 aliphatic heterocycles. The van der Waals surface area contributed by atoms with Crippen molar-refractivity contribution in [3.63, 3.8) is 0 Å². The van der Waals surface area contributed by atoms with Gasteiger partial charge in [-0.3, -0.25) is 0 Å². The third-order valence-corrected chi connectivity index (χ3v) is 6.35. The molecule has 2 saturated carbocycles. The Hall–Kier alpha value is -0.830. The lowest BCUT2D eigenvalue weighted by Gasteiger charge is -2.31. The number of ether oxygens (including phenoxy) is 1. The van der Waals surface area contributed by atoms with E-state index in [4.69, 9.17) is 16.3 Å². The predicted molar refractivity (Wildman–Crippen MR) is 73.5 cm³/mol. The van der Waals surface area contributed by atoms with E-state index in [0.717, 1.165) is 23.4 Å². The van der Waals surface area contributed by atoms with Gasteiger partial charge in [0, 0.05) is 13.7 Å². The third-order valence-electron chi connectivity index (χ3n) is 5.09. The van der Waals surface area contributed by atoms with Crippen molar-refractivity contribution in [2.75, 3.05) is 18.6 Å². The summed E-state index contributed by atoms with van der Waals surface area (Å²) in [6.45, 7) is 1.03. The zero-order valence-corrected chi connectivity index (χ0v) is 12.1. The van der Waals surface area contributed by atoms with Gasteiger partial charge in [-0.1, -0.05) is 11.6 Å². The molecular formula is C13H14ClN3OS. The first kappa shape index (κ1) is 12.0. The predicted octanol–water partition coefficient (Wildman–Crippen LogP) is 2.53. The number of hydrogen-bond acceptors (Lipinski definition) is 5. The fourth-order valence-electron chi connectivity index (χ4n) is 4.51. The molecule has 0 aromatic carbocycles. The van der Waals surface area contributed by atoms with Crippen LogP contribution in [-0.4, -0.2) is 30.2 Å². The van der Waals surface area contributed by atoms with Crippen molar-refractivity contribution in [3.8, 4) is 6.07 Å². The Morgan fingerprint density at radius 1 is 1.47 bits per heavy atom. The topological polar surface area (TPSA) is 49.1 Å². The molecule has 0 unspecified atom stereocenters. The molecule has 4 rings (SSSR count). The molecule has 100 valence electrons. The number of anilines is 1. The van der Waals surface area contributed by atoms with Crippen molar-refractivity contribution in [2.24, 2.45) is 17.8 Å². The molecule has 0 amide bonds. The van der Waals surface area contributed by atoms with Crippen LogP contribution < -0.4 is 4.90 Å². The fraction of sp³-hybridized carbons (Fsp3) is 0.692. The van der Waals surface area contributed by atoms with E-state index < -0.39 is 0 Å². The Kier molecular flexibility index (Phi) is 2.57. The lowest BCUT2D eigenvalue weighted by molar-refractivity contribution is 0.0448. The van der Waals surface area contributed by atoms with Crippen molar-refractivity contribution in [1.29, 1.82) is 5.26 Å². The minimum atomic E-state index is 0.302. The molecule has 2 aliphatic carbocycles. The maximum absolute atomic E-state index is 9.26. The molecule has 2 bridgehead atoms. The SMILES string of the molecule is CO[C@@H]1[C@H]2C[C@@H]3CN(c4snc(Cl)c4C#N)[C@H]1[C@H]3C2. The minimum absolute atomic E-state index is 0.302. The molecule has 3 fully saturated rings. The number of rotatable bonds is 2. The Bertz CT molecular complexity index is 567. The van der Waals surface area contributed by atoms with Crippen LogP contribution in [0.5, 0.6) is 0 Å². The lowest BCUT2D eigenvalue weighted by Crippen LogP contribution is -2.41. The molecule has 19 heavy (non-hydrogen) atoms. The molecule has 1 aromatic rings. The summed E-state index contributed by atoms with van der Waals surface area (Å²) in [5, 5.41) is 10.5. The van der Waals surface area contributed by atoms with Gasteiger partial charge in [0.1, 0.15) is 16.6 Å². The van der Waals surface area contributed by atoms with E-state index in [2.05, 4.69) is 15.3 Å². The first-order valence-electron chi connectivity index (χ1n) is 6.59. The third kappa shape index (κ3) is 1.45. The van der Waals surface area contributed by atoms with Gasteiger partial charge in [0.15, 0.2) is 5.15 Å². The van der Waals surface area contributed by atoms with E-state index in [-0.39, 0.29) is 0 Å². The Morgan fingerprint density at radius 3 is 3.05 bits per heavy atom. The molecule has 1 aromatic heterocycles. The van der Waals surface area contributed by atoms with Crippen molar-refractivity contribution in [2.45, 2.75) is 25.0 Å². The highest BCUT2D eigenvalue weighted by Crippen LogP contribution is 2.57. The van der Waals surface area contributed by atoms with E-state index in [9.17, 15) is 5.26 Å². The Morgan fingerprint density at radius 2 is 2.32 bits per heavy atom. The first-order chi connectivity index (χ1) is 9.24. The average Bonchev–Trinajstić information content (AvgIpc) is 3.08. The molecular weight excluding hydrogens is 282 g/mol. The quantitative estimate of drug-likeness (QED) is 0.841. The van der Waals surface area contributed by atoms with E-state index in [0.29, 0.717) is 28.8 Å². The van der Waals surface area contributed by atoms with Gasteiger partial charge in [0.25, 0.3) is 0 Å². The molecule has 5 atom stereocenters. The van der Waals surface area contributed by atoms with E-state index in [1.165, 1.54) is 24.4 Å². The fourth-order valence-corrected chi connectivity index (χ4v) is 5.59. The summed E-state index contributed by atoms with van der Waals surface area (Å²) in [5.74, 6) is 2.18. The summed E-state index contributed by atoms with van der Waals surface area (Å²) < 4.78 is 9.87. The largest absolute Gasteiger partial charge is 0.379 e. The van der Waals surface area contributed by atoms with Crippen LogP contribution in [0.3, 0.4) is 0 Å². The van der Waals surface area contributed by atoms with E-state index in [1.54, 1.807) is 0 Å². The van der Waals surface area contributed by atoms with Crippen LogP contribution >= 0.6 is 23.1 Å². The van der Waals surface area contributed by atoms with Crippen LogP contribution in [0.15, 0.2) is 0 Å². The van der Waals surface area contributed by atoms with Crippen LogP contribution in [0.25, 0.3) is 0 Å². The lowest BCUT2D eigenvalue weighted by atomic mass is 9.88. The number of aromatic nitrogens is 1. The number of fused-ring (bicyclic) bond motifs is 1. The zero-order valence-electron chi connectivity index (χ0n) is 10.5. The average molecular weight is 296 g/mol. The van der Waals surface area contributed by atoms with Gasteiger partial charge < -0.3 is 9.64 Å². The number of hydrogen-bond donors (Lipinski definition) is 0. The Labute approximate surface area is 121 Å². The highest BCUT2D eigenvalue weighted by molar-refractivity contribution is 7.10. The van der Waals surface area contributed by atoms with E-state index in [1.807, 2.05) is 7.11 Å². The molecule has 2 heterocycles. The monoisotopic (exact) mass is 295 g/mol. The molecule has 0 N–H and O–H groups in total. The smallest absolute Gasteiger partial charge is 0.162 e. The second kappa shape index (κ2) is 4.08. The molecule has 6 heteroatoms. The van der Waals surface area contributed by atoms with Crippen molar-refractivity contribution in [3.05, 3.63) is 10.7 Å². The van der Waals surface area contributed by atoms with Crippen LogP contribution in [0.4, 0.5) is 5.00 Å². The normalized spacial score (nSPS) is 39.0. The summed E-state index contributed by atoms with van der Waals surface area (Å²) in [6, 6.07) is 2.61. The van der Waals surface area contributed by atoms with Gasteiger partial charge in [-0.25, -0.2) is 0 Å². The molecule has 4 nitrogen and oxygen atoms in total. The van der Waals surface area contributed by atoms with Crippen LogP contribution in [0, 0.1) is 29.1 Å². The van der Waals surface area contributed by atoms with Gasteiger partial charge in [0.2, 0.25) is 0 Å². The maximum Gasteiger partial charge on any atom is 0.162 e. The van der Waals surface area contributed by atoms with Gasteiger partial charge in [-0.2, -0.15) is 9.64 Å². The van der Waals surface area contributed by atoms with Crippen LogP contribution in [0.1, 0.15) is 18.4 Å². The highest BCUT2D eigenvalue weighted by atomic mass is 35.5. The number of nitriles is 1. The van der Waals surface area contributed by atoms with Gasteiger partial charge >= 0.3 is 0 Å². The second-order valence-corrected chi connectivity index (χ2v) is 6.87. The summed E-state index contributed by atoms with van der Waals surface area (Å²) in [6.07, 6.45) is 2.85. The summed E-state index contributed by atoms with van der Waals surface area (Å²) in [4.78, 5) is 2.35. The first-order valence-corrected chi connectivity index (χ1v) is 7.74. The summed E-state index contributed by atoms with van der Waals surface area (Å²) in [7, 11) is 1.81. The molecule has 0 spiro atoms. The number of halogens is 1. The standard InChI is InChI=1S/C13H14ClN3OS/c1-18-11-6-2-7-5-17(10(11)8(7)3-6)13-9(4-15)12(14)16-19-13/h6-8,10-11H,2-3,5H2,1H3/t6-,7+,8-,10-,11+/m0/s1. The highest BCUT2D eigenvalue weighted by Gasteiger charge is 2.60. The van der Waals surface area contributed by atoms with Gasteiger partial charge in [-0.15, -0.1) is 0 Å². The number of nitrogens with zero attached hydrogens (tertiary/aromatic N) is 3. The van der Waals surface area contributed by atoms with Gasteiger partial charge in [0.05, 0.1) is 12.1 Å². The molecule has 1 saturated heterocycles. The van der Waals surface area contributed by atoms with Crippen molar-refractivity contribution in [1.82, 2.24) is 4.37 Å². The maximum atomic E-state index is 9.26. The van der Waals surface area contributed by atoms with Crippen LogP contribution in [0.2, 0.25) is 5.15 Å². The van der Waals surface area contributed by atoms with Gasteiger partial charge in [-0.05, 0) is 42.1 Å². The van der Waals surface area contributed by atoms with Crippen molar-refractivity contribution >= 4 is 28.1 Å². The zero-order chi connectivity index (χ0) is 13.1. The Balaban J connectivity index is 1.75. The molecule has 0 radical (unpaired) electrons. The minimum Gasteiger partial charge on any atom is -0.379 e. The van der Waals surface area contributed by atoms with E-state index >= 15 is 0 Å². The van der Waals surface area contributed by atoms with Crippen LogP contribution in [-0.2, 0) is 4.74 Å². The second-order valence-electron chi connectivity index (χ2n) is 5.76.